The standard InChI is InChI=1S/C18H13ClFN3O2/c19-13-7-5-12(6-8-13)16-9-18(25)23(11-21-16)10-17(24)22-15-4-2-1-3-14(15)20/h1-9,11H,10H2,(H,22,24). The molecule has 1 N–H and O–H groups in total. The molecule has 3 aromatic rings. The number of carbonyl (C=O) groups excluding carboxylic acids is 1. The molecule has 2 aromatic carbocycles. The molecule has 1 heterocycles. The summed E-state index contributed by atoms with van der Waals surface area (Å²) in [5.41, 5.74) is 0.895. The number of hydrogen-bond donors (Lipinski definition) is 1. The highest BCUT2D eigenvalue weighted by atomic mass is 35.5. The van der Waals surface area contributed by atoms with Gasteiger partial charge >= 0.3 is 0 Å². The lowest BCUT2D eigenvalue weighted by atomic mass is 10.1. The molecular formula is C18H13ClFN3O2. The van der Waals surface area contributed by atoms with E-state index in [-0.39, 0.29) is 17.8 Å². The topological polar surface area (TPSA) is 64.0 Å². The summed E-state index contributed by atoms with van der Waals surface area (Å²) in [7, 11) is 0. The predicted octanol–water partition coefficient (Wildman–Crippen LogP) is 3.34. The SMILES string of the molecule is O=C(Cn1cnc(-c2ccc(Cl)cc2)cc1=O)Nc1ccccc1F. The van der Waals surface area contributed by atoms with Gasteiger partial charge in [0.05, 0.1) is 17.7 Å². The second-order valence-corrected chi connectivity index (χ2v) is 5.71. The molecule has 0 atom stereocenters. The van der Waals surface area contributed by atoms with Crippen LogP contribution < -0.4 is 10.9 Å². The van der Waals surface area contributed by atoms with Gasteiger partial charge in [0.25, 0.3) is 5.56 Å². The Balaban J connectivity index is 1.75. The lowest BCUT2D eigenvalue weighted by Gasteiger charge is -2.08. The van der Waals surface area contributed by atoms with E-state index in [2.05, 4.69) is 10.3 Å². The van der Waals surface area contributed by atoms with Crippen molar-refractivity contribution in [1.29, 1.82) is 0 Å². The largest absolute Gasteiger partial charge is 0.322 e. The van der Waals surface area contributed by atoms with Crippen molar-refractivity contribution in [3.63, 3.8) is 0 Å². The van der Waals surface area contributed by atoms with Crippen molar-refractivity contribution in [2.24, 2.45) is 0 Å². The predicted molar refractivity (Wildman–Crippen MR) is 94.0 cm³/mol. The Bertz CT molecular complexity index is 971. The van der Waals surface area contributed by atoms with E-state index in [1.165, 1.54) is 30.6 Å². The van der Waals surface area contributed by atoms with Gasteiger partial charge < -0.3 is 5.32 Å². The molecule has 7 heteroatoms. The molecule has 126 valence electrons. The number of nitrogens with one attached hydrogen (secondary N) is 1. The van der Waals surface area contributed by atoms with E-state index in [1.54, 1.807) is 30.3 Å². The maximum atomic E-state index is 13.5. The fourth-order valence-corrected chi connectivity index (χ4v) is 2.36. The lowest BCUT2D eigenvalue weighted by Crippen LogP contribution is -2.27. The van der Waals surface area contributed by atoms with Gasteiger partial charge in [0.2, 0.25) is 5.91 Å². The number of aromatic nitrogens is 2. The zero-order valence-electron chi connectivity index (χ0n) is 12.9. The molecule has 5 nitrogen and oxygen atoms in total. The molecule has 0 unspecified atom stereocenters. The molecule has 1 aromatic heterocycles. The fraction of sp³-hybridized carbons (Fsp3) is 0.0556. The highest BCUT2D eigenvalue weighted by Crippen LogP contribution is 2.18. The van der Waals surface area contributed by atoms with Crippen LogP contribution in [0.5, 0.6) is 0 Å². The number of carbonyl (C=O) groups is 1. The van der Waals surface area contributed by atoms with Crippen LogP contribution in [0.4, 0.5) is 10.1 Å². The average Bonchev–Trinajstić information content (AvgIpc) is 2.59. The quantitative estimate of drug-likeness (QED) is 0.778. The molecule has 0 aliphatic carbocycles. The summed E-state index contributed by atoms with van der Waals surface area (Å²) < 4.78 is 14.7. The highest BCUT2D eigenvalue weighted by Gasteiger charge is 2.09. The Kier molecular flexibility index (Phi) is 4.90. The third kappa shape index (κ3) is 4.10. The van der Waals surface area contributed by atoms with Gasteiger partial charge in [-0.1, -0.05) is 35.9 Å². The van der Waals surface area contributed by atoms with Gasteiger partial charge in [-0.3, -0.25) is 14.2 Å². The van der Waals surface area contributed by atoms with Crippen molar-refractivity contribution in [1.82, 2.24) is 9.55 Å². The van der Waals surface area contributed by atoms with Crippen molar-refractivity contribution >= 4 is 23.2 Å². The number of halogens is 2. The molecular weight excluding hydrogens is 345 g/mol. The molecule has 0 fully saturated rings. The first-order chi connectivity index (χ1) is 12.0. The minimum Gasteiger partial charge on any atom is -0.322 e. The van der Waals surface area contributed by atoms with Gasteiger partial charge in [0.1, 0.15) is 12.4 Å². The number of nitrogens with zero attached hydrogens (tertiary/aromatic N) is 2. The zero-order chi connectivity index (χ0) is 17.8. The van der Waals surface area contributed by atoms with Crippen molar-refractivity contribution in [2.75, 3.05) is 5.32 Å². The molecule has 0 spiro atoms. The maximum absolute atomic E-state index is 13.5. The molecule has 25 heavy (non-hydrogen) atoms. The van der Waals surface area contributed by atoms with Crippen LogP contribution in [0.2, 0.25) is 5.02 Å². The summed E-state index contributed by atoms with van der Waals surface area (Å²) in [6.07, 6.45) is 1.28. The summed E-state index contributed by atoms with van der Waals surface area (Å²) in [5, 5.41) is 3.01. The average molecular weight is 358 g/mol. The Morgan fingerprint density at radius 1 is 1.16 bits per heavy atom. The molecule has 0 aliphatic heterocycles. The van der Waals surface area contributed by atoms with Gasteiger partial charge in [0, 0.05) is 16.7 Å². The normalized spacial score (nSPS) is 10.5. The van der Waals surface area contributed by atoms with E-state index in [9.17, 15) is 14.0 Å². The van der Waals surface area contributed by atoms with Crippen molar-refractivity contribution in [3.8, 4) is 11.3 Å². The smallest absolute Gasteiger partial charge is 0.254 e. The van der Waals surface area contributed by atoms with Crippen LogP contribution in [-0.4, -0.2) is 15.5 Å². The van der Waals surface area contributed by atoms with E-state index in [1.807, 2.05) is 0 Å². The van der Waals surface area contributed by atoms with Gasteiger partial charge in [-0.05, 0) is 24.3 Å². The van der Waals surface area contributed by atoms with E-state index < -0.39 is 11.7 Å². The number of hydrogen-bond acceptors (Lipinski definition) is 3. The molecule has 3 rings (SSSR count). The minimum atomic E-state index is -0.542. The van der Waals surface area contributed by atoms with Crippen molar-refractivity contribution in [2.45, 2.75) is 6.54 Å². The number of para-hydroxylation sites is 1. The molecule has 1 amide bonds. The minimum absolute atomic E-state index is 0.0614. The van der Waals surface area contributed by atoms with Crippen LogP contribution in [0.1, 0.15) is 0 Å². The van der Waals surface area contributed by atoms with Crippen LogP contribution in [0.25, 0.3) is 11.3 Å². The molecule has 0 saturated heterocycles. The van der Waals surface area contributed by atoms with E-state index in [0.29, 0.717) is 10.7 Å². The molecule has 0 radical (unpaired) electrons. The fourth-order valence-electron chi connectivity index (χ4n) is 2.23. The number of rotatable bonds is 4. The van der Waals surface area contributed by atoms with Gasteiger partial charge in [-0.15, -0.1) is 0 Å². The summed E-state index contributed by atoms with van der Waals surface area (Å²) >= 11 is 5.83. The Morgan fingerprint density at radius 3 is 2.56 bits per heavy atom. The second-order valence-electron chi connectivity index (χ2n) is 5.28. The monoisotopic (exact) mass is 357 g/mol. The second kappa shape index (κ2) is 7.27. The van der Waals surface area contributed by atoms with Gasteiger partial charge in [0.15, 0.2) is 0 Å². The van der Waals surface area contributed by atoms with Gasteiger partial charge in [-0.2, -0.15) is 0 Å². The zero-order valence-corrected chi connectivity index (χ0v) is 13.7. The highest BCUT2D eigenvalue weighted by molar-refractivity contribution is 6.30. The van der Waals surface area contributed by atoms with Crippen molar-refractivity contribution < 1.29 is 9.18 Å². The van der Waals surface area contributed by atoms with E-state index in [0.717, 1.165) is 10.1 Å². The summed E-state index contributed by atoms with van der Waals surface area (Å²) in [4.78, 5) is 28.4. The number of amides is 1. The molecule has 0 saturated carbocycles. The van der Waals surface area contributed by atoms with Crippen LogP contribution in [-0.2, 0) is 11.3 Å². The summed E-state index contributed by atoms with van der Waals surface area (Å²) in [6.45, 7) is -0.263. The molecule has 0 bridgehead atoms. The third-order valence-corrected chi connectivity index (χ3v) is 3.73. The maximum Gasteiger partial charge on any atom is 0.254 e. The van der Waals surface area contributed by atoms with Crippen LogP contribution in [0, 0.1) is 5.82 Å². The van der Waals surface area contributed by atoms with E-state index >= 15 is 0 Å². The molecule has 0 aliphatic rings. The summed E-state index contributed by atoms with van der Waals surface area (Å²) in [6, 6.07) is 14.0. The first kappa shape index (κ1) is 16.9. The van der Waals surface area contributed by atoms with Crippen LogP contribution in [0.15, 0.2) is 65.7 Å². The van der Waals surface area contributed by atoms with Gasteiger partial charge in [-0.25, -0.2) is 9.37 Å². The van der Waals surface area contributed by atoms with Crippen LogP contribution in [0.3, 0.4) is 0 Å². The first-order valence-corrected chi connectivity index (χ1v) is 7.77. The number of benzene rings is 2. The van der Waals surface area contributed by atoms with Crippen LogP contribution >= 0.6 is 11.6 Å². The first-order valence-electron chi connectivity index (χ1n) is 7.40. The van der Waals surface area contributed by atoms with Crippen molar-refractivity contribution in [3.05, 3.63) is 82.1 Å². The Labute approximate surface area is 147 Å². The van der Waals surface area contributed by atoms with E-state index in [4.69, 9.17) is 11.6 Å². The Hall–Kier alpha value is -2.99. The lowest BCUT2D eigenvalue weighted by molar-refractivity contribution is -0.116. The number of anilines is 1. The third-order valence-electron chi connectivity index (χ3n) is 3.48. The Morgan fingerprint density at radius 2 is 1.88 bits per heavy atom. The summed E-state index contributed by atoms with van der Waals surface area (Å²) in [5.74, 6) is -1.06.